The summed E-state index contributed by atoms with van der Waals surface area (Å²) in [5.74, 6) is -2.27. The first-order chi connectivity index (χ1) is 10.00. The van der Waals surface area contributed by atoms with Crippen molar-refractivity contribution in [2.75, 3.05) is 6.54 Å². The Morgan fingerprint density at radius 1 is 1.30 bits per heavy atom. The number of nitrogens with one attached hydrogen (secondary N) is 1. The summed E-state index contributed by atoms with van der Waals surface area (Å²) in [5.41, 5.74) is 2.72. The van der Waals surface area contributed by atoms with Crippen molar-refractivity contribution in [2.24, 2.45) is 11.7 Å². The van der Waals surface area contributed by atoms with E-state index in [-0.39, 0.29) is 24.9 Å². The van der Waals surface area contributed by atoms with Crippen LogP contribution < -0.4 is 11.1 Å². The first-order valence-electron chi connectivity index (χ1n) is 6.88. The molecule has 0 aliphatic carbocycles. The second-order valence-corrected chi connectivity index (χ2v) is 5.98. The standard InChI is InChI=1S/C15H20F4N2O.ClH/c1-9(2)7-14(3,8-20)21-13(22)10-5-4-6-11(12(10)16)15(17,18)19;/h4-6,9H,7-8,20H2,1-3H3,(H,21,22);1H. The molecule has 0 saturated heterocycles. The fourth-order valence-electron chi connectivity index (χ4n) is 2.35. The molecule has 0 saturated carbocycles. The van der Waals surface area contributed by atoms with Crippen LogP contribution in [-0.4, -0.2) is 18.0 Å². The molecular formula is C15H21ClF4N2O. The van der Waals surface area contributed by atoms with E-state index in [0.717, 1.165) is 12.1 Å². The quantitative estimate of drug-likeness (QED) is 0.789. The van der Waals surface area contributed by atoms with Crippen molar-refractivity contribution >= 4 is 18.3 Å². The maximum Gasteiger partial charge on any atom is 0.419 e. The lowest BCUT2D eigenvalue weighted by Gasteiger charge is -2.31. The summed E-state index contributed by atoms with van der Waals surface area (Å²) in [6, 6.07) is 2.62. The highest BCUT2D eigenvalue weighted by Crippen LogP contribution is 2.32. The molecule has 0 bridgehead atoms. The molecule has 0 radical (unpaired) electrons. The number of hydrogen-bond acceptors (Lipinski definition) is 2. The van der Waals surface area contributed by atoms with Crippen LogP contribution in [0.4, 0.5) is 17.6 Å². The minimum Gasteiger partial charge on any atom is -0.346 e. The summed E-state index contributed by atoms with van der Waals surface area (Å²) >= 11 is 0. The first-order valence-corrected chi connectivity index (χ1v) is 6.88. The number of nitrogens with two attached hydrogens (primary N) is 1. The average molecular weight is 357 g/mol. The van der Waals surface area contributed by atoms with Gasteiger partial charge in [0.15, 0.2) is 0 Å². The van der Waals surface area contributed by atoms with Gasteiger partial charge >= 0.3 is 6.18 Å². The van der Waals surface area contributed by atoms with Gasteiger partial charge in [0, 0.05) is 12.1 Å². The Balaban J connectivity index is 0.00000484. The van der Waals surface area contributed by atoms with Crippen molar-refractivity contribution in [3.63, 3.8) is 0 Å². The van der Waals surface area contributed by atoms with E-state index >= 15 is 0 Å². The molecule has 3 nitrogen and oxygen atoms in total. The third kappa shape index (κ3) is 5.66. The third-order valence-corrected chi connectivity index (χ3v) is 3.27. The molecule has 1 rings (SSSR count). The lowest BCUT2D eigenvalue weighted by atomic mass is 9.90. The number of halogens is 5. The van der Waals surface area contributed by atoms with Gasteiger partial charge in [-0.2, -0.15) is 13.2 Å². The van der Waals surface area contributed by atoms with E-state index in [1.807, 2.05) is 13.8 Å². The Hall–Kier alpha value is -1.34. The zero-order valence-corrected chi connectivity index (χ0v) is 13.9. The van der Waals surface area contributed by atoms with Gasteiger partial charge in [0.1, 0.15) is 5.82 Å². The monoisotopic (exact) mass is 356 g/mol. The first kappa shape index (κ1) is 21.7. The van der Waals surface area contributed by atoms with Crippen LogP contribution in [0.3, 0.4) is 0 Å². The van der Waals surface area contributed by atoms with Crippen LogP contribution >= 0.6 is 12.4 Å². The topological polar surface area (TPSA) is 55.1 Å². The van der Waals surface area contributed by atoms with E-state index in [1.54, 1.807) is 6.92 Å². The van der Waals surface area contributed by atoms with Gasteiger partial charge in [-0.1, -0.05) is 19.9 Å². The Labute approximate surface area is 139 Å². The van der Waals surface area contributed by atoms with Gasteiger partial charge in [0.2, 0.25) is 0 Å². The second-order valence-electron chi connectivity index (χ2n) is 5.98. The van der Waals surface area contributed by atoms with E-state index in [2.05, 4.69) is 5.32 Å². The molecule has 1 aromatic rings. The molecule has 0 spiro atoms. The maximum atomic E-state index is 13.9. The zero-order valence-electron chi connectivity index (χ0n) is 13.1. The predicted molar refractivity (Wildman–Crippen MR) is 83.0 cm³/mol. The molecule has 132 valence electrons. The van der Waals surface area contributed by atoms with Crippen LogP contribution in [0.25, 0.3) is 0 Å². The lowest BCUT2D eigenvalue weighted by molar-refractivity contribution is -0.140. The van der Waals surface area contributed by atoms with Crippen molar-refractivity contribution in [3.05, 3.63) is 35.1 Å². The Morgan fingerprint density at radius 2 is 1.87 bits per heavy atom. The molecule has 0 heterocycles. The molecule has 1 aromatic carbocycles. The summed E-state index contributed by atoms with van der Waals surface area (Å²) in [4.78, 5) is 12.1. The fraction of sp³-hybridized carbons (Fsp3) is 0.533. The molecule has 1 amide bonds. The van der Waals surface area contributed by atoms with Gasteiger partial charge in [0.05, 0.1) is 11.1 Å². The molecular weight excluding hydrogens is 336 g/mol. The number of rotatable bonds is 5. The van der Waals surface area contributed by atoms with Crippen LogP contribution in [0.2, 0.25) is 0 Å². The highest BCUT2D eigenvalue weighted by atomic mass is 35.5. The van der Waals surface area contributed by atoms with Gasteiger partial charge < -0.3 is 11.1 Å². The number of carbonyl (C=O) groups excluding carboxylic acids is 1. The van der Waals surface area contributed by atoms with Crippen LogP contribution in [0, 0.1) is 11.7 Å². The average Bonchev–Trinajstić information content (AvgIpc) is 2.36. The van der Waals surface area contributed by atoms with Crippen molar-refractivity contribution < 1.29 is 22.4 Å². The number of benzene rings is 1. The Morgan fingerprint density at radius 3 is 2.30 bits per heavy atom. The highest BCUT2D eigenvalue weighted by Gasteiger charge is 2.36. The number of alkyl halides is 3. The van der Waals surface area contributed by atoms with Crippen LogP contribution in [-0.2, 0) is 6.18 Å². The maximum absolute atomic E-state index is 13.9. The van der Waals surface area contributed by atoms with Crippen LogP contribution in [0.1, 0.15) is 43.1 Å². The van der Waals surface area contributed by atoms with Gasteiger partial charge in [0.25, 0.3) is 5.91 Å². The van der Waals surface area contributed by atoms with Crippen molar-refractivity contribution in [1.29, 1.82) is 0 Å². The molecule has 1 unspecified atom stereocenters. The smallest absolute Gasteiger partial charge is 0.346 e. The van der Waals surface area contributed by atoms with Gasteiger partial charge in [-0.3, -0.25) is 4.79 Å². The molecule has 0 fully saturated rings. The van der Waals surface area contributed by atoms with E-state index in [9.17, 15) is 22.4 Å². The third-order valence-electron chi connectivity index (χ3n) is 3.27. The molecule has 0 aromatic heterocycles. The highest BCUT2D eigenvalue weighted by molar-refractivity contribution is 5.95. The van der Waals surface area contributed by atoms with Crippen molar-refractivity contribution in [2.45, 2.75) is 38.9 Å². The van der Waals surface area contributed by atoms with E-state index in [0.29, 0.717) is 12.5 Å². The Bertz CT molecular complexity index is 549. The van der Waals surface area contributed by atoms with Gasteiger partial charge in [-0.25, -0.2) is 4.39 Å². The summed E-state index contributed by atoms with van der Waals surface area (Å²) in [5, 5.41) is 2.54. The SMILES string of the molecule is CC(C)CC(C)(CN)NC(=O)c1cccc(C(F)(F)F)c1F.Cl. The van der Waals surface area contributed by atoms with Crippen molar-refractivity contribution in [1.82, 2.24) is 5.32 Å². The minimum atomic E-state index is -4.85. The fourth-order valence-corrected chi connectivity index (χ4v) is 2.35. The molecule has 23 heavy (non-hydrogen) atoms. The lowest BCUT2D eigenvalue weighted by Crippen LogP contribution is -2.52. The van der Waals surface area contributed by atoms with Gasteiger partial charge in [-0.15, -0.1) is 12.4 Å². The summed E-state index contributed by atoms with van der Waals surface area (Å²) in [7, 11) is 0. The summed E-state index contributed by atoms with van der Waals surface area (Å²) in [6.45, 7) is 5.61. The number of carbonyl (C=O) groups is 1. The van der Waals surface area contributed by atoms with E-state index in [4.69, 9.17) is 5.73 Å². The molecule has 1 atom stereocenters. The van der Waals surface area contributed by atoms with E-state index in [1.165, 1.54) is 0 Å². The molecule has 0 aliphatic heterocycles. The van der Waals surface area contributed by atoms with Crippen molar-refractivity contribution in [3.8, 4) is 0 Å². The molecule has 8 heteroatoms. The largest absolute Gasteiger partial charge is 0.419 e. The van der Waals surface area contributed by atoms with Crippen LogP contribution in [0.5, 0.6) is 0 Å². The summed E-state index contributed by atoms with van der Waals surface area (Å²) in [6.07, 6.45) is -4.33. The molecule has 0 aliphatic rings. The molecule has 3 N–H and O–H groups in total. The predicted octanol–water partition coefficient (Wildman–Crippen LogP) is 3.76. The van der Waals surface area contributed by atoms with E-state index < -0.39 is 34.6 Å². The normalized spacial score (nSPS) is 14.1. The number of hydrogen-bond donors (Lipinski definition) is 2. The second kappa shape index (κ2) is 7.97. The Kier molecular flexibility index (Phi) is 7.50. The zero-order chi connectivity index (χ0) is 17.1. The van der Waals surface area contributed by atoms with Crippen LogP contribution in [0.15, 0.2) is 18.2 Å². The number of amides is 1. The summed E-state index contributed by atoms with van der Waals surface area (Å²) < 4.78 is 52.0. The van der Waals surface area contributed by atoms with Gasteiger partial charge in [-0.05, 0) is 31.4 Å². The minimum absolute atomic E-state index is 0.